The molecule has 0 fully saturated rings. The molecule has 6 nitrogen and oxygen atoms in total. The van der Waals surface area contributed by atoms with Gasteiger partial charge < -0.3 is 5.32 Å². The Hall–Kier alpha value is -2.80. The molecule has 0 saturated heterocycles. The molecule has 0 radical (unpaired) electrons. The van der Waals surface area contributed by atoms with Gasteiger partial charge in [0.1, 0.15) is 0 Å². The Morgan fingerprint density at radius 2 is 1.83 bits per heavy atom. The quantitative estimate of drug-likeness (QED) is 0.612. The molecular formula is C16H14N6S. The van der Waals surface area contributed by atoms with Gasteiger partial charge in [-0.05, 0) is 34.7 Å². The second-order valence-corrected chi connectivity index (χ2v) is 6.12. The maximum absolute atomic E-state index is 4.63. The Morgan fingerprint density at radius 3 is 2.70 bits per heavy atom. The van der Waals surface area contributed by atoms with Crippen molar-refractivity contribution < 1.29 is 0 Å². The van der Waals surface area contributed by atoms with E-state index in [0.717, 1.165) is 29.2 Å². The summed E-state index contributed by atoms with van der Waals surface area (Å²) in [5.74, 6) is 0.636. The van der Waals surface area contributed by atoms with E-state index in [0.29, 0.717) is 5.95 Å². The molecule has 0 amide bonds. The number of anilines is 1. The number of tetrazole rings is 1. The predicted octanol–water partition coefficient (Wildman–Crippen LogP) is 2.93. The highest BCUT2D eigenvalue weighted by Crippen LogP contribution is 2.21. The summed E-state index contributed by atoms with van der Waals surface area (Å²) in [5.41, 5.74) is 1.99. The molecule has 4 aromatic rings. The van der Waals surface area contributed by atoms with Gasteiger partial charge in [-0.3, -0.25) is 0 Å². The SMILES string of the molecule is c1ccc(-n2nnnc2NCCc2nc3ccccc3s2)cc1. The van der Waals surface area contributed by atoms with Gasteiger partial charge in [0.15, 0.2) is 0 Å². The van der Waals surface area contributed by atoms with E-state index in [1.807, 2.05) is 48.5 Å². The molecule has 114 valence electrons. The van der Waals surface area contributed by atoms with Crippen LogP contribution in [0.1, 0.15) is 5.01 Å². The lowest BCUT2D eigenvalue weighted by molar-refractivity contribution is 0.788. The molecule has 4 rings (SSSR count). The molecule has 0 bridgehead atoms. The van der Waals surface area contributed by atoms with E-state index in [2.05, 4.69) is 31.9 Å². The van der Waals surface area contributed by atoms with Gasteiger partial charge in [-0.2, -0.15) is 4.68 Å². The number of rotatable bonds is 5. The minimum atomic E-state index is 0.636. The molecule has 2 heterocycles. The molecule has 2 aromatic heterocycles. The zero-order valence-electron chi connectivity index (χ0n) is 12.3. The Kier molecular flexibility index (Phi) is 3.69. The molecule has 2 aromatic carbocycles. The fraction of sp³-hybridized carbons (Fsp3) is 0.125. The van der Waals surface area contributed by atoms with Crippen LogP contribution in [0, 0.1) is 0 Å². The van der Waals surface area contributed by atoms with Gasteiger partial charge in [-0.1, -0.05) is 35.4 Å². The highest BCUT2D eigenvalue weighted by atomic mass is 32.1. The molecule has 1 N–H and O–H groups in total. The van der Waals surface area contributed by atoms with Gasteiger partial charge in [0.25, 0.3) is 0 Å². The van der Waals surface area contributed by atoms with E-state index >= 15 is 0 Å². The van der Waals surface area contributed by atoms with Crippen LogP contribution in [0.3, 0.4) is 0 Å². The van der Waals surface area contributed by atoms with Crippen molar-refractivity contribution >= 4 is 27.5 Å². The average Bonchev–Trinajstić information content (AvgIpc) is 3.22. The van der Waals surface area contributed by atoms with Crippen LogP contribution in [0.25, 0.3) is 15.9 Å². The summed E-state index contributed by atoms with van der Waals surface area (Å²) in [6.45, 7) is 0.729. The first-order chi connectivity index (χ1) is 11.4. The van der Waals surface area contributed by atoms with Crippen LogP contribution in [0.15, 0.2) is 54.6 Å². The second kappa shape index (κ2) is 6.13. The molecule has 0 spiro atoms. The van der Waals surface area contributed by atoms with Crippen LogP contribution in [0.4, 0.5) is 5.95 Å². The van der Waals surface area contributed by atoms with Crippen LogP contribution in [0.2, 0.25) is 0 Å². The highest BCUT2D eigenvalue weighted by Gasteiger charge is 2.08. The lowest BCUT2D eigenvalue weighted by Gasteiger charge is -2.05. The third-order valence-electron chi connectivity index (χ3n) is 3.43. The Bertz CT molecular complexity index is 881. The first-order valence-corrected chi connectivity index (χ1v) is 8.14. The molecule has 7 heteroatoms. The molecule has 0 saturated carbocycles. The number of nitrogens with zero attached hydrogens (tertiary/aromatic N) is 5. The first-order valence-electron chi connectivity index (χ1n) is 7.32. The van der Waals surface area contributed by atoms with Crippen molar-refractivity contribution in [1.29, 1.82) is 0 Å². The maximum Gasteiger partial charge on any atom is 0.247 e. The monoisotopic (exact) mass is 322 g/mol. The van der Waals surface area contributed by atoms with Gasteiger partial charge in [0.2, 0.25) is 5.95 Å². The van der Waals surface area contributed by atoms with Crippen LogP contribution < -0.4 is 5.32 Å². The zero-order chi connectivity index (χ0) is 15.5. The molecule has 0 atom stereocenters. The summed E-state index contributed by atoms with van der Waals surface area (Å²) in [6, 6.07) is 18.0. The van der Waals surface area contributed by atoms with E-state index in [1.165, 1.54) is 4.70 Å². The zero-order valence-corrected chi connectivity index (χ0v) is 13.1. The van der Waals surface area contributed by atoms with Gasteiger partial charge >= 0.3 is 0 Å². The van der Waals surface area contributed by atoms with E-state index in [1.54, 1.807) is 16.0 Å². The van der Waals surface area contributed by atoms with Crippen molar-refractivity contribution in [2.24, 2.45) is 0 Å². The van der Waals surface area contributed by atoms with E-state index in [-0.39, 0.29) is 0 Å². The normalized spacial score (nSPS) is 11.0. The molecule has 0 unspecified atom stereocenters. The van der Waals surface area contributed by atoms with E-state index in [4.69, 9.17) is 0 Å². The topological polar surface area (TPSA) is 68.5 Å². The smallest absolute Gasteiger partial charge is 0.247 e. The third-order valence-corrected chi connectivity index (χ3v) is 4.53. The van der Waals surface area contributed by atoms with Gasteiger partial charge in [-0.15, -0.1) is 11.3 Å². The van der Waals surface area contributed by atoms with Gasteiger partial charge in [0, 0.05) is 13.0 Å². The summed E-state index contributed by atoms with van der Waals surface area (Å²) in [5, 5.41) is 16.2. The number of para-hydroxylation sites is 2. The maximum atomic E-state index is 4.63. The van der Waals surface area contributed by atoms with E-state index in [9.17, 15) is 0 Å². The Balaban J connectivity index is 1.45. The van der Waals surface area contributed by atoms with Crippen LogP contribution in [0.5, 0.6) is 0 Å². The molecule has 0 aliphatic heterocycles. The van der Waals surface area contributed by atoms with Crippen molar-refractivity contribution in [3.63, 3.8) is 0 Å². The molecule has 0 aliphatic rings. The minimum absolute atomic E-state index is 0.636. The predicted molar refractivity (Wildman–Crippen MR) is 91.0 cm³/mol. The lowest BCUT2D eigenvalue weighted by Crippen LogP contribution is -2.10. The Morgan fingerprint density at radius 1 is 1.00 bits per heavy atom. The van der Waals surface area contributed by atoms with Crippen molar-refractivity contribution in [2.45, 2.75) is 6.42 Å². The number of aromatic nitrogens is 5. The molecular weight excluding hydrogens is 308 g/mol. The fourth-order valence-electron chi connectivity index (χ4n) is 2.35. The Labute approximate surface area is 136 Å². The van der Waals surface area contributed by atoms with Crippen LogP contribution in [-0.2, 0) is 6.42 Å². The number of thiazole rings is 1. The molecule has 0 aliphatic carbocycles. The molecule has 23 heavy (non-hydrogen) atoms. The average molecular weight is 322 g/mol. The summed E-state index contributed by atoms with van der Waals surface area (Å²) in [6.07, 6.45) is 0.834. The number of fused-ring (bicyclic) bond motifs is 1. The largest absolute Gasteiger partial charge is 0.352 e. The lowest BCUT2D eigenvalue weighted by atomic mass is 10.3. The van der Waals surface area contributed by atoms with Gasteiger partial charge in [-0.25, -0.2) is 4.98 Å². The third kappa shape index (κ3) is 2.91. The second-order valence-electron chi connectivity index (χ2n) is 5.00. The van der Waals surface area contributed by atoms with Crippen molar-refractivity contribution in [2.75, 3.05) is 11.9 Å². The minimum Gasteiger partial charge on any atom is -0.352 e. The van der Waals surface area contributed by atoms with Crippen molar-refractivity contribution in [3.8, 4) is 5.69 Å². The summed E-state index contributed by atoms with van der Waals surface area (Å²) in [4.78, 5) is 4.63. The van der Waals surface area contributed by atoms with Crippen LogP contribution >= 0.6 is 11.3 Å². The summed E-state index contributed by atoms with van der Waals surface area (Å²) >= 11 is 1.73. The summed E-state index contributed by atoms with van der Waals surface area (Å²) < 4.78 is 2.91. The standard InChI is InChI=1S/C16H14N6S/c1-2-6-12(7-3-1)22-16(19-20-21-22)17-11-10-15-18-13-8-4-5-9-14(13)23-15/h1-9H,10-11H2,(H,17,19,21). The number of hydrogen-bond acceptors (Lipinski definition) is 6. The number of nitrogens with one attached hydrogen (secondary N) is 1. The number of benzene rings is 2. The fourth-order valence-corrected chi connectivity index (χ4v) is 3.32. The van der Waals surface area contributed by atoms with Crippen molar-refractivity contribution in [1.82, 2.24) is 25.2 Å². The highest BCUT2D eigenvalue weighted by molar-refractivity contribution is 7.18. The van der Waals surface area contributed by atoms with Gasteiger partial charge in [0.05, 0.1) is 20.9 Å². The van der Waals surface area contributed by atoms with E-state index < -0.39 is 0 Å². The summed E-state index contributed by atoms with van der Waals surface area (Å²) in [7, 11) is 0. The number of hydrogen-bond donors (Lipinski definition) is 1. The van der Waals surface area contributed by atoms with Crippen LogP contribution in [-0.4, -0.2) is 31.7 Å². The first kappa shape index (κ1) is 13.8. The van der Waals surface area contributed by atoms with Crippen molar-refractivity contribution in [3.05, 3.63) is 59.6 Å².